The zero-order valence-electron chi connectivity index (χ0n) is 12.5. The monoisotopic (exact) mass is 334 g/mol. The average molecular weight is 335 g/mol. The van der Waals surface area contributed by atoms with Crippen molar-refractivity contribution in [3.05, 3.63) is 53.2 Å². The highest BCUT2D eigenvalue weighted by molar-refractivity contribution is 6.30. The van der Waals surface area contributed by atoms with Crippen LogP contribution in [-0.4, -0.2) is 47.0 Å². The van der Waals surface area contributed by atoms with Crippen LogP contribution in [-0.2, 0) is 0 Å². The predicted octanol–water partition coefficient (Wildman–Crippen LogP) is 2.62. The molecule has 23 heavy (non-hydrogen) atoms. The molecular weight excluding hydrogens is 319 g/mol. The van der Waals surface area contributed by atoms with E-state index in [1.807, 2.05) is 4.90 Å². The molecule has 3 rings (SSSR count). The molecule has 0 N–H and O–H groups in total. The van der Waals surface area contributed by atoms with Crippen LogP contribution in [0.3, 0.4) is 0 Å². The highest BCUT2D eigenvalue weighted by Crippen LogP contribution is 2.21. The van der Waals surface area contributed by atoms with Crippen LogP contribution in [0.1, 0.15) is 16.8 Å². The van der Waals surface area contributed by atoms with E-state index in [1.165, 1.54) is 12.3 Å². The maximum absolute atomic E-state index is 14.0. The van der Waals surface area contributed by atoms with Crippen molar-refractivity contribution in [3.63, 3.8) is 0 Å². The highest BCUT2D eigenvalue weighted by Gasteiger charge is 2.22. The Morgan fingerprint density at radius 2 is 1.96 bits per heavy atom. The first-order valence-corrected chi connectivity index (χ1v) is 7.78. The van der Waals surface area contributed by atoms with Gasteiger partial charge in [0.25, 0.3) is 5.91 Å². The molecule has 120 valence electrons. The van der Waals surface area contributed by atoms with Crippen molar-refractivity contribution in [1.29, 1.82) is 0 Å². The molecule has 0 saturated carbocycles. The molecule has 1 fully saturated rings. The Bertz CT molecular complexity index is 698. The van der Waals surface area contributed by atoms with Crippen molar-refractivity contribution >= 4 is 23.3 Å². The van der Waals surface area contributed by atoms with Crippen molar-refractivity contribution in [2.75, 3.05) is 31.1 Å². The fourth-order valence-corrected chi connectivity index (χ4v) is 2.79. The molecule has 2 aromatic rings. The summed E-state index contributed by atoms with van der Waals surface area (Å²) in [5.74, 6) is -0.183. The Hall–Kier alpha value is -2.21. The Morgan fingerprint density at radius 1 is 1.17 bits per heavy atom. The van der Waals surface area contributed by atoms with Crippen LogP contribution in [0, 0.1) is 5.82 Å². The van der Waals surface area contributed by atoms with Crippen LogP contribution in [0.2, 0.25) is 5.02 Å². The van der Waals surface area contributed by atoms with Gasteiger partial charge in [0.1, 0.15) is 0 Å². The number of aromatic nitrogens is 2. The minimum Gasteiger partial charge on any atom is -0.352 e. The number of halogens is 2. The SMILES string of the molecule is O=C(c1ccncc1)N1CCCN(c2ncc(Cl)cc2F)CC1. The van der Waals surface area contributed by atoms with Crippen molar-refractivity contribution in [2.45, 2.75) is 6.42 Å². The summed E-state index contributed by atoms with van der Waals surface area (Å²) < 4.78 is 14.0. The number of nitrogens with zero attached hydrogens (tertiary/aromatic N) is 4. The first-order chi connectivity index (χ1) is 11.1. The zero-order valence-corrected chi connectivity index (χ0v) is 13.2. The van der Waals surface area contributed by atoms with E-state index in [0.29, 0.717) is 31.7 Å². The number of carbonyl (C=O) groups is 1. The molecule has 1 aliphatic rings. The fraction of sp³-hybridized carbons (Fsp3) is 0.312. The molecule has 0 atom stereocenters. The lowest BCUT2D eigenvalue weighted by molar-refractivity contribution is 0.0767. The summed E-state index contributed by atoms with van der Waals surface area (Å²) in [7, 11) is 0. The molecule has 0 unspecified atom stereocenters. The number of anilines is 1. The van der Waals surface area contributed by atoms with Crippen LogP contribution in [0.25, 0.3) is 0 Å². The van der Waals surface area contributed by atoms with E-state index in [2.05, 4.69) is 9.97 Å². The van der Waals surface area contributed by atoms with Crippen LogP contribution < -0.4 is 4.90 Å². The summed E-state index contributed by atoms with van der Waals surface area (Å²) in [5, 5.41) is 0.274. The molecule has 7 heteroatoms. The van der Waals surface area contributed by atoms with Crippen LogP contribution in [0.4, 0.5) is 10.2 Å². The first kappa shape index (κ1) is 15.7. The van der Waals surface area contributed by atoms with E-state index in [-0.39, 0.29) is 16.7 Å². The van der Waals surface area contributed by atoms with Gasteiger partial charge in [-0.1, -0.05) is 11.6 Å². The maximum Gasteiger partial charge on any atom is 0.254 e. The Labute approximate surface area is 138 Å². The van der Waals surface area contributed by atoms with E-state index >= 15 is 0 Å². The van der Waals surface area contributed by atoms with Gasteiger partial charge < -0.3 is 9.80 Å². The molecular formula is C16H16ClFN4O. The summed E-state index contributed by atoms with van der Waals surface area (Å²) in [6, 6.07) is 4.66. The Morgan fingerprint density at radius 3 is 2.70 bits per heavy atom. The largest absolute Gasteiger partial charge is 0.352 e. The van der Waals surface area contributed by atoms with Gasteiger partial charge in [-0.25, -0.2) is 9.37 Å². The quantitative estimate of drug-likeness (QED) is 0.847. The predicted molar refractivity (Wildman–Crippen MR) is 86.2 cm³/mol. The molecule has 2 aromatic heterocycles. The van der Waals surface area contributed by atoms with Gasteiger partial charge in [-0.2, -0.15) is 0 Å². The molecule has 3 heterocycles. The minimum absolute atomic E-state index is 0.0289. The standard InChI is InChI=1S/C16H16ClFN4O/c17-13-10-14(18)15(20-11-13)21-6-1-7-22(9-8-21)16(23)12-2-4-19-5-3-12/h2-5,10-11H,1,6-9H2. The van der Waals surface area contributed by atoms with E-state index in [9.17, 15) is 9.18 Å². The lowest BCUT2D eigenvalue weighted by Gasteiger charge is -2.23. The molecule has 1 saturated heterocycles. The molecule has 0 aliphatic carbocycles. The topological polar surface area (TPSA) is 49.3 Å². The number of rotatable bonds is 2. The lowest BCUT2D eigenvalue weighted by Crippen LogP contribution is -2.35. The van der Waals surface area contributed by atoms with Crippen LogP contribution in [0.15, 0.2) is 36.8 Å². The van der Waals surface area contributed by atoms with Gasteiger partial charge in [0, 0.05) is 50.3 Å². The molecule has 0 radical (unpaired) electrons. The number of hydrogen-bond acceptors (Lipinski definition) is 4. The molecule has 0 bridgehead atoms. The summed E-state index contributed by atoms with van der Waals surface area (Å²) in [5.41, 5.74) is 0.615. The Balaban J connectivity index is 1.71. The Kier molecular flexibility index (Phi) is 4.71. The minimum atomic E-state index is -0.439. The summed E-state index contributed by atoms with van der Waals surface area (Å²) in [6.45, 7) is 2.33. The van der Waals surface area contributed by atoms with Gasteiger partial charge >= 0.3 is 0 Å². The number of carbonyl (C=O) groups excluding carboxylic acids is 1. The van der Waals surface area contributed by atoms with Crippen LogP contribution >= 0.6 is 11.6 Å². The van der Waals surface area contributed by atoms with E-state index in [4.69, 9.17) is 11.6 Å². The van der Waals surface area contributed by atoms with E-state index in [0.717, 1.165) is 6.42 Å². The van der Waals surface area contributed by atoms with Crippen LogP contribution in [0.5, 0.6) is 0 Å². The number of amides is 1. The average Bonchev–Trinajstić information content (AvgIpc) is 2.81. The molecule has 1 amide bonds. The lowest BCUT2D eigenvalue weighted by atomic mass is 10.2. The van der Waals surface area contributed by atoms with Gasteiger partial charge in [-0.3, -0.25) is 9.78 Å². The summed E-state index contributed by atoms with van der Waals surface area (Å²) in [4.78, 5) is 24.1. The molecule has 0 aromatic carbocycles. The maximum atomic E-state index is 14.0. The fourth-order valence-electron chi connectivity index (χ4n) is 2.65. The van der Waals surface area contributed by atoms with E-state index < -0.39 is 5.82 Å². The zero-order chi connectivity index (χ0) is 16.2. The summed E-state index contributed by atoms with van der Waals surface area (Å²) in [6.07, 6.45) is 5.39. The second kappa shape index (κ2) is 6.91. The van der Waals surface area contributed by atoms with Gasteiger partial charge in [0.2, 0.25) is 0 Å². The van der Waals surface area contributed by atoms with Gasteiger partial charge in [-0.05, 0) is 24.6 Å². The first-order valence-electron chi connectivity index (χ1n) is 7.40. The normalized spacial score (nSPS) is 15.4. The molecule has 5 nitrogen and oxygen atoms in total. The van der Waals surface area contributed by atoms with Gasteiger partial charge in [-0.15, -0.1) is 0 Å². The van der Waals surface area contributed by atoms with E-state index in [1.54, 1.807) is 29.4 Å². The number of pyridine rings is 2. The third kappa shape index (κ3) is 3.59. The molecule has 0 spiro atoms. The molecule has 1 aliphatic heterocycles. The second-order valence-corrected chi connectivity index (χ2v) is 5.76. The van der Waals surface area contributed by atoms with Gasteiger partial charge in [0.05, 0.1) is 5.02 Å². The number of hydrogen-bond donors (Lipinski definition) is 0. The second-order valence-electron chi connectivity index (χ2n) is 5.33. The summed E-state index contributed by atoms with van der Waals surface area (Å²) >= 11 is 5.74. The van der Waals surface area contributed by atoms with Crippen molar-refractivity contribution in [3.8, 4) is 0 Å². The third-order valence-corrected chi connectivity index (χ3v) is 4.01. The van der Waals surface area contributed by atoms with Gasteiger partial charge in [0.15, 0.2) is 11.6 Å². The van der Waals surface area contributed by atoms with Crippen molar-refractivity contribution in [1.82, 2.24) is 14.9 Å². The highest BCUT2D eigenvalue weighted by atomic mass is 35.5. The van der Waals surface area contributed by atoms with Crippen molar-refractivity contribution in [2.24, 2.45) is 0 Å². The van der Waals surface area contributed by atoms with Crippen molar-refractivity contribution < 1.29 is 9.18 Å². The third-order valence-electron chi connectivity index (χ3n) is 3.80. The smallest absolute Gasteiger partial charge is 0.254 e.